The average Bonchev–Trinajstić information content (AvgIpc) is 3.25. The average molecular weight is 378 g/mol. The predicted molar refractivity (Wildman–Crippen MR) is 90.1 cm³/mol. The Hall–Kier alpha value is -1.87. The molecule has 2 aliphatic heterocycles. The highest BCUT2D eigenvalue weighted by Crippen LogP contribution is 2.64. The number of carbonyl (C=O) groups is 3. The minimum absolute atomic E-state index is 0.0187. The normalized spacial score (nSPS) is 36.1. The molecule has 4 aliphatic rings. The van der Waals surface area contributed by atoms with Crippen LogP contribution in [0.4, 0.5) is 0 Å². The van der Waals surface area contributed by atoms with Crippen molar-refractivity contribution in [2.45, 2.75) is 29.7 Å². The van der Waals surface area contributed by atoms with Gasteiger partial charge in [-0.3, -0.25) is 19.3 Å². The minimum atomic E-state index is -1.17. The largest absolute Gasteiger partial charge is 0.480 e. The molecule has 1 aromatic rings. The molecular weight excluding hydrogens is 364 g/mol. The van der Waals surface area contributed by atoms with Crippen molar-refractivity contribution in [2.24, 2.45) is 23.7 Å². The van der Waals surface area contributed by atoms with Crippen molar-refractivity contribution in [2.75, 3.05) is 0 Å². The maximum atomic E-state index is 12.8. The Bertz CT molecular complexity index is 931. The van der Waals surface area contributed by atoms with E-state index in [1.807, 2.05) is 6.08 Å². The molecule has 0 unspecified atom stereocenters. The summed E-state index contributed by atoms with van der Waals surface area (Å²) < 4.78 is 0. The summed E-state index contributed by atoms with van der Waals surface area (Å²) in [6, 6.07) is -1.13. The first-order valence-electron chi connectivity index (χ1n) is 8.09. The van der Waals surface area contributed by atoms with Crippen LogP contribution in [-0.2, 0) is 14.4 Å². The molecular formula is C16H14N2O5S2. The number of aliphatic carboxylic acids is 1. The molecule has 2 N–H and O–H groups in total. The van der Waals surface area contributed by atoms with Crippen LogP contribution in [0.5, 0.6) is 0 Å². The second kappa shape index (κ2) is 4.85. The van der Waals surface area contributed by atoms with E-state index >= 15 is 0 Å². The number of H-pyrrole nitrogens is 1. The second-order valence-electron chi connectivity index (χ2n) is 7.01. The standard InChI is InChI=1S/C16H14N2O5S2/c1-4(15(21)22)18-13(19)9-5-2-7(10(9)14(18)20)11-6(5)3-8-12(25-11)17-16(23)24-8/h3-5,7,9-11H,2H2,1H3,(H,17,23)(H,21,22)/t4-,5+,7-,9-,10-,11+/m1/s1. The number of aromatic nitrogens is 1. The summed E-state index contributed by atoms with van der Waals surface area (Å²) in [5, 5.41) is 10.1. The number of hydrogen-bond donors (Lipinski definition) is 2. The number of carboxylic acid groups (broad SMARTS) is 1. The van der Waals surface area contributed by atoms with Gasteiger partial charge in [-0.1, -0.05) is 28.7 Å². The van der Waals surface area contributed by atoms with Crippen molar-refractivity contribution >= 4 is 47.0 Å². The summed E-state index contributed by atoms with van der Waals surface area (Å²) >= 11 is 2.72. The number of likely N-dealkylation sites (tertiary alicyclic amines) is 1. The van der Waals surface area contributed by atoms with E-state index in [2.05, 4.69) is 4.98 Å². The Balaban J connectivity index is 1.55. The van der Waals surface area contributed by atoms with Gasteiger partial charge in [-0.25, -0.2) is 4.79 Å². The van der Waals surface area contributed by atoms with Crippen LogP contribution in [0.25, 0.3) is 6.08 Å². The Morgan fingerprint density at radius 2 is 2.04 bits per heavy atom. The number of thiazole rings is 1. The number of carboxylic acids is 1. The minimum Gasteiger partial charge on any atom is -0.480 e. The maximum absolute atomic E-state index is 12.8. The van der Waals surface area contributed by atoms with Gasteiger partial charge in [0.2, 0.25) is 11.8 Å². The maximum Gasteiger partial charge on any atom is 0.326 e. The monoisotopic (exact) mass is 378 g/mol. The molecule has 6 atom stereocenters. The van der Waals surface area contributed by atoms with Gasteiger partial charge in [-0.05, 0) is 31.3 Å². The number of fused-ring (bicyclic) bond motifs is 9. The Morgan fingerprint density at radius 1 is 1.32 bits per heavy atom. The summed E-state index contributed by atoms with van der Waals surface area (Å²) in [4.78, 5) is 53.1. The van der Waals surface area contributed by atoms with E-state index in [9.17, 15) is 24.3 Å². The molecule has 9 heteroatoms. The number of aromatic amines is 1. The second-order valence-corrected chi connectivity index (χ2v) is 9.18. The van der Waals surface area contributed by atoms with Gasteiger partial charge in [0.25, 0.3) is 0 Å². The first-order valence-corrected chi connectivity index (χ1v) is 9.79. The van der Waals surface area contributed by atoms with Gasteiger partial charge in [-0.15, -0.1) is 0 Å². The predicted octanol–water partition coefficient (Wildman–Crippen LogP) is 1.02. The third-order valence-electron chi connectivity index (χ3n) is 5.93. The molecule has 0 spiro atoms. The summed E-state index contributed by atoms with van der Waals surface area (Å²) in [5.41, 5.74) is 1.13. The lowest BCUT2D eigenvalue weighted by atomic mass is 9.77. The third kappa shape index (κ3) is 1.82. The fourth-order valence-corrected chi connectivity index (χ4v) is 7.37. The number of nitrogens with one attached hydrogen (secondary N) is 1. The fraction of sp³-hybridized carbons (Fsp3) is 0.500. The molecule has 3 fully saturated rings. The molecule has 2 bridgehead atoms. The quantitative estimate of drug-likeness (QED) is 0.744. The Labute approximate surface area is 150 Å². The van der Waals surface area contributed by atoms with Crippen molar-refractivity contribution in [1.29, 1.82) is 0 Å². The first-order chi connectivity index (χ1) is 11.9. The molecule has 0 aromatic carbocycles. The molecule has 2 saturated carbocycles. The van der Waals surface area contributed by atoms with Gasteiger partial charge in [0.1, 0.15) is 6.04 Å². The molecule has 1 saturated heterocycles. The van der Waals surface area contributed by atoms with Crippen LogP contribution in [0.1, 0.15) is 18.2 Å². The summed E-state index contributed by atoms with van der Waals surface area (Å²) in [5.74, 6) is -2.75. The van der Waals surface area contributed by atoms with Crippen molar-refractivity contribution in [3.63, 3.8) is 0 Å². The molecule has 25 heavy (non-hydrogen) atoms. The molecule has 7 nitrogen and oxygen atoms in total. The van der Waals surface area contributed by atoms with Gasteiger partial charge in [0, 0.05) is 5.25 Å². The zero-order chi connectivity index (χ0) is 17.6. The van der Waals surface area contributed by atoms with Crippen molar-refractivity contribution in [1.82, 2.24) is 9.88 Å². The van der Waals surface area contributed by atoms with Crippen LogP contribution in [0, 0.1) is 23.7 Å². The highest BCUT2D eigenvalue weighted by atomic mass is 32.2. The zero-order valence-electron chi connectivity index (χ0n) is 13.1. The van der Waals surface area contributed by atoms with Crippen LogP contribution in [0.3, 0.4) is 0 Å². The van der Waals surface area contributed by atoms with E-state index in [0.717, 1.165) is 38.1 Å². The van der Waals surface area contributed by atoms with Gasteiger partial charge >= 0.3 is 10.8 Å². The van der Waals surface area contributed by atoms with Crippen LogP contribution in [-0.4, -0.2) is 44.1 Å². The van der Waals surface area contributed by atoms with Crippen molar-refractivity contribution in [3.8, 4) is 0 Å². The van der Waals surface area contributed by atoms with Gasteiger partial charge in [-0.2, -0.15) is 0 Å². The number of rotatable bonds is 2. The van der Waals surface area contributed by atoms with Gasteiger partial charge < -0.3 is 10.1 Å². The van der Waals surface area contributed by atoms with Crippen LogP contribution in [0.2, 0.25) is 0 Å². The summed E-state index contributed by atoms with van der Waals surface area (Å²) in [6.45, 7) is 1.38. The number of thioether (sulfide) groups is 1. The van der Waals surface area contributed by atoms with E-state index in [-0.39, 0.29) is 33.8 Å². The van der Waals surface area contributed by atoms with E-state index in [4.69, 9.17) is 0 Å². The zero-order valence-corrected chi connectivity index (χ0v) is 14.7. The SMILES string of the molecule is C[C@H](C(=O)O)N1C(=O)[C@@H]2[C@H]3C[C@@H](C4=Cc5sc(=O)[nH]c5S[C@@H]43)[C@H]2C1=O. The highest BCUT2D eigenvalue weighted by Gasteiger charge is 2.67. The van der Waals surface area contributed by atoms with Crippen LogP contribution >= 0.6 is 23.1 Å². The molecule has 130 valence electrons. The highest BCUT2D eigenvalue weighted by molar-refractivity contribution is 8.00. The molecule has 5 rings (SSSR count). The van der Waals surface area contributed by atoms with Crippen LogP contribution < -0.4 is 4.87 Å². The molecule has 0 radical (unpaired) electrons. The Kier molecular flexibility index (Phi) is 2.99. The molecule has 2 aliphatic carbocycles. The molecule has 3 heterocycles. The smallest absolute Gasteiger partial charge is 0.326 e. The number of imide groups is 1. The van der Waals surface area contributed by atoms with Crippen molar-refractivity contribution < 1.29 is 19.5 Å². The van der Waals surface area contributed by atoms with E-state index in [0.29, 0.717) is 0 Å². The molecule has 1 aromatic heterocycles. The summed E-state index contributed by atoms with van der Waals surface area (Å²) in [7, 11) is 0. The Morgan fingerprint density at radius 3 is 2.76 bits per heavy atom. The lowest BCUT2D eigenvalue weighted by Crippen LogP contribution is -2.44. The lowest BCUT2D eigenvalue weighted by molar-refractivity contribution is -0.154. The van der Waals surface area contributed by atoms with E-state index in [1.54, 1.807) is 11.8 Å². The number of amides is 2. The number of hydrogen-bond acceptors (Lipinski definition) is 6. The topological polar surface area (TPSA) is 108 Å². The van der Waals surface area contributed by atoms with Gasteiger partial charge in [0.05, 0.1) is 21.7 Å². The van der Waals surface area contributed by atoms with Crippen LogP contribution in [0.15, 0.2) is 15.4 Å². The molecule has 2 amide bonds. The number of nitrogens with zero attached hydrogens (tertiary/aromatic N) is 1. The van der Waals surface area contributed by atoms with Crippen molar-refractivity contribution in [3.05, 3.63) is 20.1 Å². The third-order valence-corrected chi connectivity index (χ3v) is 8.32. The fourth-order valence-electron chi connectivity index (χ4n) is 4.93. The lowest BCUT2D eigenvalue weighted by Gasteiger charge is -2.32. The van der Waals surface area contributed by atoms with E-state index in [1.165, 1.54) is 6.92 Å². The summed E-state index contributed by atoms with van der Waals surface area (Å²) in [6.07, 6.45) is 2.78. The van der Waals surface area contributed by atoms with E-state index < -0.39 is 23.8 Å². The first kappa shape index (κ1) is 15.4. The van der Waals surface area contributed by atoms with Gasteiger partial charge in [0.15, 0.2) is 0 Å². The number of carbonyl (C=O) groups excluding carboxylic acids is 2.